The summed E-state index contributed by atoms with van der Waals surface area (Å²) in [7, 11) is 0. The second kappa shape index (κ2) is 9.58. The smallest absolute Gasteiger partial charge is 0.336 e. The molecule has 0 saturated carbocycles. The molecule has 0 atom stereocenters. The Labute approximate surface area is 186 Å². The van der Waals surface area contributed by atoms with Crippen molar-refractivity contribution in [1.82, 2.24) is 5.32 Å². The van der Waals surface area contributed by atoms with E-state index in [9.17, 15) is 4.79 Å². The Bertz CT molecular complexity index is 1200. The summed E-state index contributed by atoms with van der Waals surface area (Å²) >= 11 is 5.48. The lowest BCUT2D eigenvalue weighted by Gasteiger charge is -2.19. The molecular formula is C26H24N2O2S. The molecule has 0 aliphatic rings. The van der Waals surface area contributed by atoms with Gasteiger partial charge in [-0.15, -0.1) is 0 Å². The van der Waals surface area contributed by atoms with Gasteiger partial charge in [0.2, 0.25) is 0 Å². The number of hydrogen-bond acceptors (Lipinski definition) is 3. The van der Waals surface area contributed by atoms with Crippen molar-refractivity contribution in [2.24, 2.45) is 0 Å². The molecule has 4 aromatic rings. The molecule has 0 aliphatic heterocycles. The molecule has 4 rings (SSSR count). The van der Waals surface area contributed by atoms with E-state index in [1.54, 1.807) is 6.07 Å². The number of aryl methyl sites for hydroxylation is 1. The molecule has 0 fully saturated rings. The molecule has 0 bridgehead atoms. The van der Waals surface area contributed by atoms with Gasteiger partial charge in [0.1, 0.15) is 5.58 Å². The van der Waals surface area contributed by atoms with E-state index in [-0.39, 0.29) is 11.5 Å². The maximum absolute atomic E-state index is 11.7. The Hall–Kier alpha value is -3.44. The molecule has 31 heavy (non-hydrogen) atoms. The van der Waals surface area contributed by atoms with Crippen molar-refractivity contribution in [1.29, 1.82) is 0 Å². The number of thiocarbonyl (C=S) groups is 1. The van der Waals surface area contributed by atoms with Crippen molar-refractivity contribution in [3.63, 3.8) is 0 Å². The van der Waals surface area contributed by atoms with Crippen LogP contribution in [0.2, 0.25) is 0 Å². The first-order chi connectivity index (χ1) is 15.1. The van der Waals surface area contributed by atoms with Crippen LogP contribution >= 0.6 is 12.2 Å². The van der Waals surface area contributed by atoms with Crippen LogP contribution < -0.4 is 16.3 Å². The van der Waals surface area contributed by atoms with E-state index in [2.05, 4.69) is 59.2 Å². The highest BCUT2D eigenvalue weighted by molar-refractivity contribution is 7.80. The first-order valence-corrected chi connectivity index (χ1v) is 10.7. The van der Waals surface area contributed by atoms with Gasteiger partial charge < -0.3 is 15.1 Å². The first-order valence-electron chi connectivity index (χ1n) is 10.3. The highest BCUT2D eigenvalue weighted by atomic mass is 32.1. The molecule has 0 saturated heterocycles. The molecule has 0 spiro atoms. The lowest BCUT2D eigenvalue weighted by atomic mass is 9.88. The molecule has 4 nitrogen and oxygen atoms in total. The summed E-state index contributed by atoms with van der Waals surface area (Å²) in [5, 5.41) is 7.94. The average Bonchev–Trinajstić information content (AvgIpc) is 2.77. The minimum absolute atomic E-state index is 0.288. The molecule has 2 N–H and O–H groups in total. The number of nitrogens with one attached hydrogen (secondary N) is 2. The van der Waals surface area contributed by atoms with Crippen LogP contribution in [0, 0.1) is 6.92 Å². The lowest BCUT2D eigenvalue weighted by Crippen LogP contribution is -2.30. The average molecular weight is 429 g/mol. The van der Waals surface area contributed by atoms with E-state index in [1.165, 1.54) is 17.2 Å². The molecule has 0 radical (unpaired) electrons. The Morgan fingerprint density at radius 3 is 2.23 bits per heavy atom. The van der Waals surface area contributed by atoms with Gasteiger partial charge in [-0.05, 0) is 54.4 Å². The van der Waals surface area contributed by atoms with Crippen LogP contribution in [0.15, 0.2) is 94.1 Å². The van der Waals surface area contributed by atoms with E-state index in [0.29, 0.717) is 10.7 Å². The quantitative estimate of drug-likeness (QED) is 0.309. The van der Waals surface area contributed by atoms with Crippen molar-refractivity contribution in [3.8, 4) is 0 Å². The zero-order valence-corrected chi connectivity index (χ0v) is 18.1. The van der Waals surface area contributed by atoms with Crippen LogP contribution in [0.1, 0.15) is 29.0 Å². The Morgan fingerprint density at radius 2 is 1.58 bits per heavy atom. The summed E-state index contributed by atoms with van der Waals surface area (Å²) in [6.07, 6.45) is 0.904. The van der Waals surface area contributed by atoms with Gasteiger partial charge in [0.05, 0.1) is 0 Å². The summed E-state index contributed by atoms with van der Waals surface area (Å²) in [6.45, 7) is 2.62. The third-order valence-corrected chi connectivity index (χ3v) is 5.58. The summed E-state index contributed by atoms with van der Waals surface area (Å²) in [5.74, 6) is 0.288. The zero-order valence-electron chi connectivity index (χ0n) is 17.3. The second-order valence-corrected chi connectivity index (χ2v) is 7.91. The summed E-state index contributed by atoms with van der Waals surface area (Å²) in [6, 6.07) is 28.2. The molecule has 1 aromatic heterocycles. The van der Waals surface area contributed by atoms with Gasteiger partial charge in [-0.25, -0.2) is 4.79 Å². The van der Waals surface area contributed by atoms with Crippen molar-refractivity contribution in [2.75, 3.05) is 11.9 Å². The van der Waals surface area contributed by atoms with Crippen LogP contribution in [-0.4, -0.2) is 11.7 Å². The fourth-order valence-corrected chi connectivity index (χ4v) is 4.02. The Balaban J connectivity index is 1.41. The van der Waals surface area contributed by atoms with Crippen LogP contribution in [0.3, 0.4) is 0 Å². The standard InChI is InChI=1S/C26H24N2O2S/c1-18-16-25(29)30-24-17-21(12-13-22(18)24)28-26(31)27-15-14-23(19-8-4-2-5-9-19)20-10-6-3-7-11-20/h2-13,16-17,23H,14-15H2,1H3,(H2,27,28,31). The number of fused-ring (bicyclic) bond motifs is 1. The van der Waals surface area contributed by atoms with Crippen molar-refractivity contribution >= 4 is 34.0 Å². The van der Waals surface area contributed by atoms with Gasteiger partial charge in [0.15, 0.2) is 5.11 Å². The van der Waals surface area contributed by atoms with E-state index in [0.717, 1.165) is 29.6 Å². The maximum atomic E-state index is 11.7. The predicted molar refractivity (Wildman–Crippen MR) is 131 cm³/mol. The number of hydrogen-bond donors (Lipinski definition) is 2. The Kier molecular flexibility index (Phi) is 6.43. The normalized spacial score (nSPS) is 10.9. The van der Waals surface area contributed by atoms with Crippen LogP contribution in [0.4, 0.5) is 5.69 Å². The largest absolute Gasteiger partial charge is 0.423 e. The van der Waals surface area contributed by atoms with Gasteiger partial charge in [-0.3, -0.25) is 0 Å². The fraction of sp³-hybridized carbons (Fsp3) is 0.154. The molecule has 0 aliphatic carbocycles. The minimum Gasteiger partial charge on any atom is -0.423 e. The van der Waals surface area contributed by atoms with Crippen LogP contribution in [0.25, 0.3) is 11.0 Å². The van der Waals surface area contributed by atoms with Gasteiger partial charge in [0, 0.05) is 35.7 Å². The topological polar surface area (TPSA) is 54.3 Å². The maximum Gasteiger partial charge on any atom is 0.336 e. The molecule has 5 heteroatoms. The zero-order chi connectivity index (χ0) is 21.6. The first kappa shape index (κ1) is 20.8. The van der Waals surface area contributed by atoms with Crippen molar-refractivity contribution in [2.45, 2.75) is 19.3 Å². The number of rotatable bonds is 6. The summed E-state index contributed by atoms with van der Waals surface area (Å²) < 4.78 is 5.32. The number of benzene rings is 3. The molecule has 3 aromatic carbocycles. The molecule has 0 amide bonds. The molecular weight excluding hydrogens is 404 g/mol. The van der Waals surface area contributed by atoms with Gasteiger partial charge in [0.25, 0.3) is 0 Å². The third kappa shape index (κ3) is 5.19. The third-order valence-electron chi connectivity index (χ3n) is 5.33. The van der Waals surface area contributed by atoms with E-state index < -0.39 is 0 Å². The van der Waals surface area contributed by atoms with Gasteiger partial charge in [-0.2, -0.15) is 0 Å². The SMILES string of the molecule is Cc1cc(=O)oc2cc(NC(=S)NCCC(c3ccccc3)c3ccccc3)ccc12. The molecule has 1 heterocycles. The highest BCUT2D eigenvalue weighted by Crippen LogP contribution is 2.27. The van der Waals surface area contributed by atoms with E-state index in [4.69, 9.17) is 16.6 Å². The number of anilines is 1. The second-order valence-electron chi connectivity index (χ2n) is 7.50. The monoisotopic (exact) mass is 428 g/mol. The van der Waals surface area contributed by atoms with E-state index in [1.807, 2.05) is 31.2 Å². The molecule has 156 valence electrons. The van der Waals surface area contributed by atoms with Crippen molar-refractivity contribution in [3.05, 3.63) is 112 Å². The molecule has 0 unspecified atom stereocenters. The Morgan fingerprint density at radius 1 is 0.935 bits per heavy atom. The van der Waals surface area contributed by atoms with Crippen LogP contribution in [-0.2, 0) is 0 Å². The predicted octanol–water partition coefficient (Wildman–Crippen LogP) is 5.61. The fourth-order valence-electron chi connectivity index (χ4n) is 3.80. The van der Waals surface area contributed by atoms with Gasteiger partial charge >= 0.3 is 5.63 Å². The summed E-state index contributed by atoms with van der Waals surface area (Å²) in [5.41, 5.74) is 4.44. The minimum atomic E-state index is -0.351. The van der Waals surface area contributed by atoms with Gasteiger partial charge in [-0.1, -0.05) is 60.7 Å². The lowest BCUT2D eigenvalue weighted by molar-refractivity contribution is 0.560. The van der Waals surface area contributed by atoms with Crippen LogP contribution in [0.5, 0.6) is 0 Å². The highest BCUT2D eigenvalue weighted by Gasteiger charge is 2.13. The van der Waals surface area contributed by atoms with Crippen molar-refractivity contribution < 1.29 is 4.42 Å². The van der Waals surface area contributed by atoms with E-state index >= 15 is 0 Å². The summed E-state index contributed by atoms with van der Waals surface area (Å²) in [4.78, 5) is 11.7.